The van der Waals surface area contributed by atoms with E-state index in [4.69, 9.17) is 0 Å². The molecule has 0 fully saturated rings. The van der Waals surface area contributed by atoms with E-state index < -0.39 is 0 Å². The summed E-state index contributed by atoms with van der Waals surface area (Å²) in [5, 5.41) is 10.9. The molecule has 0 spiro atoms. The number of aliphatic imine (C=N–C) groups is 1. The number of aromatic nitrogens is 2. The summed E-state index contributed by atoms with van der Waals surface area (Å²) in [7, 11) is 0. The summed E-state index contributed by atoms with van der Waals surface area (Å²) in [5.74, 6) is 1.29. The largest absolute Gasteiger partial charge is 0.357 e. The van der Waals surface area contributed by atoms with Crippen LogP contribution < -0.4 is 10.6 Å². The lowest BCUT2D eigenvalue weighted by atomic mass is 10.2. The fraction of sp³-hybridized carbons (Fsp3) is 0.533. The second-order valence-electron chi connectivity index (χ2n) is 5.22. The number of hydrogen-bond donors (Lipinski definition) is 2. The fourth-order valence-corrected chi connectivity index (χ4v) is 3.42. The Bertz CT molecular complexity index is 615. The molecule has 2 heterocycles. The van der Waals surface area contributed by atoms with Crippen molar-refractivity contribution in [1.29, 1.82) is 0 Å². The Labute approximate surface area is 139 Å². The predicted molar refractivity (Wildman–Crippen MR) is 94.7 cm³/mol. The first kappa shape index (κ1) is 16.9. The van der Waals surface area contributed by atoms with Gasteiger partial charge in [-0.3, -0.25) is 0 Å². The summed E-state index contributed by atoms with van der Waals surface area (Å²) >= 11 is 3.38. The van der Waals surface area contributed by atoms with Crippen molar-refractivity contribution >= 4 is 28.6 Å². The van der Waals surface area contributed by atoms with Crippen molar-refractivity contribution in [3.8, 4) is 0 Å². The van der Waals surface area contributed by atoms with Gasteiger partial charge in [-0.05, 0) is 19.8 Å². The number of guanidine groups is 1. The molecule has 5 nitrogen and oxygen atoms in total. The Hall–Kier alpha value is -1.47. The summed E-state index contributed by atoms with van der Waals surface area (Å²) in [5.41, 5.74) is 1.16. The van der Waals surface area contributed by atoms with Gasteiger partial charge in [0.1, 0.15) is 5.01 Å². The molecule has 2 aromatic rings. The summed E-state index contributed by atoms with van der Waals surface area (Å²) in [4.78, 5) is 14.7. The van der Waals surface area contributed by atoms with Gasteiger partial charge in [-0.25, -0.2) is 15.0 Å². The van der Waals surface area contributed by atoms with E-state index in [1.54, 1.807) is 22.7 Å². The average Bonchev–Trinajstić information content (AvgIpc) is 3.11. The fourth-order valence-electron chi connectivity index (χ4n) is 1.81. The van der Waals surface area contributed by atoms with Gasteiger partial charge >= 0.3 is 0 Å². The highest BCUT2D eigenvalue weighted by Gasteiger charge is 2.06. The zero-order chi connectivity index (χ0) is 15.9. The monoisotopic (exact) mass is 337 g/mol. The van der Waals surface area contributed by atoms with Crippen LogP contribution in [0.4, 0.5) is 0 Å². The van der Waals surface area contributed by atoms with Crippen LogP contribution in [0.25, 0.3) is 0 Å². The quantitative estimate of drug-likeness (QED) is 0.627. The molecule has 22 heavy (non-hydrogen) atoms. The third-order valence-electron chi connectivity index (χ3n) is 2.97. The number of thiazole rings is 2. The van der Waals surface area contributed by atoms with E-state index in [0.717, 1.165) is 28.2 Å². The molecule has 2 aromatic heterocycles. The number of nitrogens with zero attached hydrogens (tertiary/aromatic N) is 3. The van der Waals surface area contributed by atoms with Crippen molar-refractivity contribution in [2.45, 2.75) is 46.7 Å². The van der Waals surface area contributed by atoms with Gasteiger partial charge in [-0.2, -0.15) is 0 Å². The predicted octanol–water partition coefficient (Wildman–Crippen LogP) is 3.29. The molecule has 0 saturated heterocycles. The van der Waals surface area contributed by atoms with Gasteiger partial charge in [0, 0.05) is 23.0 Å². The van der Waals surface area contributed by atoms with Gasteiger partial charge in [-0.15, -0.1) is 22.7 Å². The zero-order valence-electron chi connectivity index (χ0n) is 13.5. The normalized spacial score (nSPS) is 12.0. The SMILES string of the molecule is CCNC(=NCc1cnc(C)s1)NCc1nc(C(C)C)cs1. The first-order valence-corrected chi connectivity index (χ1v) is 9.16. The second-order valence-corrected chi connectivity index (χ2v) is 7.48. The first-order valence-electron chi connectivity index (χ1n) is 7.46. The molecule has 0 aliphatic heterocycles. The van der Waals surface area contributed by atoms with Crippen LogP contribution in [-0.4, -0.2) is 22.5 Å². The van der Waals surface area contributed by atoms with Gasteiger partial charge in [-0.1, -0.05) is 13.8 Å². The minimum atomic E-state index is 0.474. The van der Waals surface area contributed by atoms with E-state index in [1.165, 1.54) is 4.88 Å². The highest BCUT2D eigenvalue weighted by molar-refractivity contribution is 7.11. The molecular weight excluding hydrogens is 314 g/mol. The molecular formula is C15H23N5S2. The minimum absolute atomic E-state index is 0.474. The Kier molecular flexibility index (Phi) is 6.33. The lowest BCUT2D eigenvalue weighted by molar-refractivity contribution is 0.788. The second kappa shape index (κ2) is 8.24. The molecule has 0 radical (unpaired) electrons. The van der Waals surface area contributed by atoms with Crippen molar-refractivity contribution in [3.63, 3.8) is 0 Å². The van der Waals surface area contributed by atoms with Gasteiger partial charge in [0.2, 0.25) is 0 Å². The van der Waals surface area contributed by atoms with Gasteiger partial charge in [0.25, 0.3) is 0 Å². The minimum Gasteiger partial charge on any atom is -0.357 e. The van der Waals surface area contributed by atoms with Crippen LogP contribution in [0.1, 0.15) is 47.3 Å². The van der Waals surface area contributed by atoms with Crippen LogP contribution in [0.15, 0.2) is 16.6 Å². The van der Waals surface area contributed by atoms with Crippen molar-refractivity contribution in [1.82, 2.24) is 20.6 Å². The molecule has 0 unspecified atom stereocenters. The lowest BCUT2D eigenvalue weighted by Gasteiger charge is -2.09. The molecule has 0 aliphatic rings. The van der Waals surface area contributed by atoms with E-state index >= 15 is 0 Å². The summed E-state index contributed by atoms with van der Waals surface area (Å²) in [6.07, 6.45) is 1.89. The van der Waals surface area contributed by atoms with Crippen molar-refractivity contribution in [3.05, 3.63) is 32.2 Å². The highest BCUT2D eigenvalue weighted by Crippen LogP contribution is 2.17. The van der Waals surface area contributed by atoms with Crippen molar-refractivity contribution in [2.24, 2.45) is 4.99 Å². The lowest BCUT2D eigenvalue weighted by Crippen LogP contribution is -2.36. The first-order chi connectivity index (χ1) is 10.6. The van der Waals surface area contributed by atoms with Crippen LogP contribution in [0.3, 0.4) is 0 Å². The van der Waals surface area contributed by atoms with E-state index in [2.05, 4.69) is 51.7 Å². The number of nitrogens with one attached hydrogen (secondary N) is 2. The van der Waals surface area contributed by atoms with E-state index in [0.29, 0.717) is 19.0 Å². The zero-order valence-corrected chi connectivity index (χ0v) is 15.1. The average molecular weight is 338 g/mol. The maximum Gasteiger partial charge on any atom is 0.191 e. The Morgan fingerprint density at radius 3 is 2.77 bits per heavy atom. The Morgan fingerprint density at radius 2 is 2.18 bits per heavy atom. The van der Waals surface area contributed by atoms with Crippen LogP contribution in [0.2, 0.25) is 0 Å². The summed E-state index contributed by atoms with van der Waals surface area (Å²) in [6.45, 7) is 10.6. The topological polar surface area (TPSA) is 62.2 Å². The molecule has 0 bridgehead atoms. The number of aryl methyl sites for hydroxylation is 1. The molecule has 2 N–H and O–H groups in total. The summed E-state index contributed by atoms with van der Waals surface area (Å²) < 4.78 is 0. The van der Waals surface area contributed by atoms with Crippen LogP contribution in [0.5, 0.6) is 0 Å². The van der Waals surface area contributed by atoms with E-state index in [-0.39, 0.29) is 0 Å². The van der Waals surface area contributed by atoms with Crippen LogP contribution >= 0.6 is 22.7 Å². The number of hydrogen-bond acceptors (Lipinski definition) is 5. The third kappa shape index (κ3) is 5.06. The summed E-state index contributed by atoms with van der Waals surface area (Å²) in [6, 6.07) is 0. The molecule has 0 aromatic carbocycles. The van der Waals surface area contributed by atoms with E-state index in [1.807, 2.05) is 13.1 Å². The molecule has 0 saturated carbocycles. The number of rotatable bonds is 6. The Morgan fingerprint density at radius 1 is 1.36 bits per heavy atom. The van der Waals surface area contributed by atoms with Gasteiger partial charge in [0.15, 0.2) is 5.96 Å². The van der Waals surface area contributed by atoms with Gasteiger partial charge in [0.05, 0.1) is 23.8 Å². The molecule has 7 heteroatoms. The van der Waals surface area contributed by atoms with Crippen LogP contribution in [0, 0.1) is 6.92 Å². The standard InChI is InChI=1S/C15H23N5S2/c1-5-16-15(18-7-12-6-17-11(4)22-12)19-8-14-20-13(9-21-14)10(2)3/h6,9-10H,5,7-8H2,1-4H3,(H2,16,18,19). The molecule has 2 rings (SSSR count). The molecule has 0 aliphatic carbocycles. The molecule has 120 valence electrons. The molecule has 0 atom stereocenters. The third-order valence-corrected chi connectivity index (χ3v) is 4.74. The molecule has 0 amide bonds. The van der Waals surface area contributed by atoms with Gasteiger partial charge < -0.3 is 10.6 Å². The van der Waals surface area contributed by atoms with Crippen LogP contribution in [-0.2, 0) is 13.1 Å². The maximum atomic E-state index is 4.63. The maximum absolute atomic E-state index is 4.63. The van der Waals surface area contributed by atoms with Crippen molar-refractivity contribution < 1.29 is 0 Å². The van der Waals surface area contributed by atoms with Crippen molar-refractivity contribution in [2.75, 3.05) is 6.54 Å². The smallest absolute Gasteiger partial charge is 0.191 e. The Balaban J connectivity index is 1.92. The van der Waals surface area contributed by atoms with E-state index in [9.17, 15) is 0 Å². The highest BCUT2D eigenvalue weighted by atomic mass is 32.1.